The summed E-state index contributed by atoms with van der Waals surface area (Å²) >= 11 is 0. The van der Waals surface area contributed by atoms with Gasteiger partial charge in [-0.2, -0.15) is 10.2 Å². The van der Waals surface area contributed by atoms with Crippen LogP contribution in [0.1, 0.15) is 36.8 Å². The van der Waals surface area contributed by atoms with Crippen molar-refractivity contribution in [2.75, 3.05) is 23.3 Å². The quantitative estimate of drug-likeness (QED) is 0.575. The zero-order chi connectivity index (χ0) is 22.4. The van der Waals surface area contributed by atoms with E-state index in [4.69, 9.17) is 0 Å². The Morgan fingerprint density at radius 2 is 2.00 bits per heavy atom. The monoisotopic (exact) mass is 429 g/mol. The van der Waals surface area contributed by atoms with Gasteiger partial charge in [0, 0.05) is 24.6 Å². The molecule has 2 aliphatic heterocycles. The summed E-state index contributed by atoms with van der Waals surface area (Å²) in [6.07, 6.45) is 2.12. The molecule has 3 N–H and O–H groups in total. The number of fused-ring (bicyclic) bond motifs is 2. The highest BCUT2D eigenvalue weighted by Gasteiger charge is 2.42. The van der Waals surface area contributed by atoms with Crippen LogP contribution < -0.4 is 15.8 Å². The second kappa shape index (κ2) is 7.68. The van der Waals surface area contributed by atoms with E-state index in [9.17, 15) is 20.0 Å². The topological polar surface area (TPSA) is 122 Å². The van der Waals surface area contributed by atoms with Crippen LogP contribution in [0.25, 0.3) is 10.8 Å². The van der Waals surface area contributed by atoms with E-state index in [1.165, 1.54) is 6.07 Å². The fourth-order valence-electron chi connectivity index (χ4n) is 4.95. The van der Waals surface area contributed by atoms with Gasteiger partial charge >= 0.3 is 0 Å². The number of phenols is 1. The van der Waals surface area contributed by atoms with Crippen molar-refractivity contribution in [2.24, 2.45) is 11.8 Å². The van der Waals surface area contributed by atoms with Gasteiger partial charge in [-0.3, -0.25) is 14.6 Å². The Hall–Kier alpha value is -3.86. The van der Waals surface area contributed by atoms with E-state index in [2.05, 4.69) is 22.2 Å². The first kappa shape index (κ1) is 20.1. The zero-order valence-electron chi connectivity index (χ0n) is 17.6. The molecule has 1 fully saturated rings. The maximum Gasteiger partial charge on any atom is 0.258 e. The third kappa shape index (κ3) is 3.17. The molecule has 1 aromatic heterocycles. The van der Waals surface area contributed by atoms with Crippen molar-refractivity contribution in [2.45, 2.75) is 25.7 Å². The number of phenolic OH excluding ortho intramolecular Hbond substituents is 1. The van der Waals surface area contributed by atoms with E-state index < -0.39 is 23.3 Å². The van der Waals surface area contributed by atoms with Crippen molar-refractivity contribution >= 4 is 28.4 Å². The molecule has 3 atom stereocenters. The molecule has 3 heterocycles. The van der Waals surface area contributed by atoms with Crippen molar-refractivity contribution < 1.29 is 9.90 Å². The molecule has 1 amide bonds. The Bertz CT molecular complexity index is 1330. The fraction of sp³-hybridized carbons (Fsp3) is 0.333. The summed E-state index contributed by atoms with van der Waals surface area (Å²) in [5.41, 5.74) is 0.162. The SMILES string of the molecule is CC1CCCN(c2nc3c(c(=O)[nH]2)C(c2c(O)ccc4ccccc24)C(C#N)C(=O)N3)C1. The number of aromatic hydroxyl groups is 1. The number of hydrogen-bond donors (Lipinski definition) is 3. The number of benzene rings is 2. The van der Waals surface area contributed by atoms with Gasteiger partial charge in [0.05, 0.1) is 11.6 Å². The lowest BCUT2D eigenvalue weighted by Gasteiger charge is -2.33. The number of carbonyl (C=O) groups excluding carboxylic acids is 1. The van der Waals surface area contributed by atoms with Crippen LogP contribution in [-0.4, -0.2) is 34.1 Å². The van der Waals surface area contributed by atoms with Crippen molar-refractivity contribution in [3.63, 3.8) is 0 Å². The number of nitriles is 1. The van der Waals surface area contributed by atoms with Crippen LogP contribution in [0.5, 0.6) is 5.75 Å². The molecular formula is C24H23N5O3. The Kier molecular flexibility index (Phi) is 4.82. The van der Waals surface area contributed by atoms with E-state index in [0.29, 0.717) is 22.8 Å². The smallest absolute Gasteiger partial charge is 0.258 e. The highest BCUT2D eigenvalue weighted by atomic mass is 16.3. The number of aromatic nitrogens is 2. The molecule has 5 rings (SSSR count). The first-order chi connectivity index (χ1) is 15.5. The van der Waals surface area contributed by atoms with Gasteiger partial charge in [0.15, 0.2) is 0 Å². The largest absolute Gasteiger partial charge is 0.508 e. The van der Waals surface area contributed by atoms with Gasteiger partial charge in [-0.15, -0.1) is 0 Å². The molecular weight excluding hydrogens is 406 g/mol. The zero-order valence-corrected chi connectivity index (χ0v) is 17.6. The fourth-order valence-corrected chi connectivity index (χ4v) is 4.95. The number of nitrogens with one attached hydrogen (secondary N) is 2. The van der Waals surface area contributed by atoms with Gasteiger partial charge in [0.2, 0.25) is 11.9 Å². The lowest BCUT2D eigenvalue weighted by Crippen LogP contribution is -2.41. The highest BCUT2D eigenvalue weighted by Crippen LogP contribution is 2.44. The van der Waals surface area contributed by atoms with Gasteiger partial charge in [0.1, 0.15) is 17.5 Å². The maximum atomic E-state index is 13.3. The minimum absolute atomic E-state index is 0.0667. The molecule has 3 aromatic rings. The number of hydrogen-bond acceptors (Lipinski definition) is 6. The minimum atomic E-state index is -1.18. The molecule has 0 aliphatic carbocycles. The average molecular weight is 429 g/mol. The summed E-state index contributed by atoms with van der Waals surface area (Å²) in [6.45, 7) is 3.69. The molecule has 8 nitrogen and oxygen atoms in total. The summed E-state index contributed by atoms with van der Waals surface area (Å²) < 4.78 is 0. The van der Waals surface area contributed by atoms with E-state index in [0.717, 1.165) is 31.3 Å². The van der Waals surface area contributed by atoms with Crippen molar-refractivity contribution in [3.8, 4) is 11.8 Å². The molecule has 8 heteroatoms. The standard InChI is InChI=1S/C24H23N5O3/c1-13-5-4-10-29(12-13)24-27-21-20(23(32)28-24)19(16(11-25)22(31)26-21)18-15-7-3-2-6-14(15)8-9-17(18)30/h2-3,6-9,13,16,19,30H,4-5,10,12H2,1H3,(H2,26,27,28,31,32). The second-order valence-electron chi connectivity index (χ2n) is 8.64. The molecule has 0 saturated carbocycles. The summed E-state index contributed by atoms with van der Waals surface area (Å²) in [6, 6.07) is 12.7. The third-order valence-electron chi connectivity index (χ3n) is 6.47. The summed E-state index contributed by atoms with van der Waals surface area (Å²) in [7, 11) is 0. The highest BCUT2D eigenvalue weighted by molar-refractivity contribution is 5.99. The van der Waals surface area contributed by atoms with Crippen LogP contribution in [0, 0.1) is 23.2 Å². The van der Waals surface area contributed by atoms with Gasteiger partial charge in [-0.25, -0.2) is 0 Å². The van der Waals surface area contributed by atoms with Crippen molar-refractivity contribution in [1.82, 2.24) is 9.97 Å². The number of aromatic amines is 1. The van der Waals surface area contributed by atoms with Crippen LogP contribution in [0.15, 0.2) is 41.2 Å². The van der Waals surface area contributed by atoms with Crippen molar-refractivity contribution in [3.05, 3.63) is 57.9 Å². The van der Waals surface area contributed by atoms with E-state index in [1.54, 1.807) is 6.07 Å². The normalized spacial score (nSPS) is 22.8. The predicted octanol–water partition coefficient (Wildman–Crippen LogP) is 3.09. The molecule has 0 spiro atoms. The number of rotatable bonds is 2. The number of anilines is 2. The van der Waals surface area contributed by atoms with Gasteiger partial charge in [-0.05, 0) is 35.6 Å². The van der Waals surface area contributed by atoms with Crippen LogP contribution >= 0.6 is 0 Å². The van der Waals surface area contributed by atoms with Crippen LogP contribution in [0.2, 0.25) is 0 Å². The molecule has 0 radical (unpaired) electrons. The Morgan fingerprint density at radius 1 is 1.19 bits per heavy atom. The lowest BCUT2D eigenvalue weighted by atomic mass is 9.77. The minimum Gasteiger partial charge on any atom is -0.508 e. The molecule has 162 valence electrons. The molecule has 0 bridgehead atoms. The molecule has 2 aliphatic rings. The first-order valence-corrected chi connectivity index (χ1v) is 10.8. The number of carbonyl (C=O) groups is 1. The van der Waals surface area contributed by atoms with Gasteiger partial charge in [-0.1, -0.05) is 37.3 Å². The predicted molar refractivity (Wildman–Crippen MR) is 121 cm³/mol. The van der Waals surface area contributed by atoms with E-state index in [1.807, 2.05) is 35.2 Å². The Morgan fingerprint density at radius 3 is 2.78 bits per heavy atom. The number of amides is 1. The molecule has 2 aromatic carbocycles. The van der Waals surface area contributed by atoms with E-state index >= 15 is 0 Å². The average Bonchev–Trinajstić information content (AvgIpc) is 2.78. The van der Waals surface area contributed by atoms with Crippen molar-refractivity contribution in [1.29, 1.82) is 5.26 Å². The van der Waals surface area contributed by atoms with Gasteiger partial charge < -0.3 is 15.3 Å². The second-order valence-corrected chi connectivity index (χ2v) is 8.64. The van der Waals surface area contributed by atoms with E-state index in [-0.39, 0.29) is 17.1 Å². The Labute approximate surface area is 184 Å². The number of nitrogens with zero attached hydrogens (tertiary/aromatic N) is 3. The molecule has 1 saturated heterocycles. The maximum absolute atomic E-state index is 13.3. The first-order valence-electron chi connectivity index (χ1n) is 10.8. The van der Waals surface area contributed by atoms with Crippen LogP contribution in [-0.2, 0) is 4.79 Å². The number of H-pyrrole nitrogens is 1. The van der Waals surface area contributed by atoms with Crippen LogP contribution in [0.3, 0.4) is 0 Å². The number of piperidine rings is 1. The van der Waals surface area contributed by atoms with Gasteiger partial charge in [0.25, 0.3) is 5.56 Å². The lowest BCUT2D eigenvalue weighted by molar-refractivity contribution is -0.119. The molecule has 3 unspecified atom stereocenters. The Balaban J connectivity index is 1.72. The summed E-state index contributed by atoms with van der Waals surface area (Å²) in [5.74, 6) is -1.68. The summed E-state index contributed by atoms with van der Waals surface area (Å²) in [4.78, 5) is 35.7. The third-order valence-corrected chi connectivity index (χ3v) is 6.47. The summed E-state index contributed by atoms with van der Waals surface area (Å²) in [5, 5.41) is 24.8. The van der Waals surface area contributed by atoms with Crippen LogP contribution in [0.4, 0.5) is 11.8 Å². The molecule has 32 heavy (non-hydrogen) atoms.